The average molecular weight is 456 g/mol. The smallest absolute Gasteiger partial charge is 0.332 e. The number of piperidine rings is 2. The Bertz CT molecular complexity index is 1000. The summed E-state index contributed by atoms with van der Waals surface area (Å²) in [4.78, 5) is 25.4. The molecule has 1 aromatic carbocycles. The molecule has 7 heteroatoms. The Kier molecular flexibility index (Phi) is 7.22. The van der Waals surface area contributed by atoms with Gasteiger partial charge in [0.05, 0.1) is 0 Å². The number of rotatable bonds is 4. The number of hydrogen-bond donors (Lipinski definition) is 3. The Balaban J connectivity index is 0.000000385. The number of benzene rings is 1. The van der Waals surface area contributed by atoms with Crippen LogP contribution in [0.3, 0.4) is 0 Å². The molecule has 0 spiro atoms. The van der Waals surface area contributed by atoms with Crippen LogP contribution in [0.1, 0.15) is 61.5 Å². The SMILES string of the molecule is CC(O)C(=O)O.CN1C2CCCC1CC(NCC1CCc3c(c4ccccc4n3C)C1=O)C2. The monoisotopic (exact) mass is 455 g/mol. The molecule has 33 heavy (non-hydrogen) atoms. The third-order valence-corrected chi connectivity index (χ3v) is 7.93. The number of Topliss-reactive ketones (excluding diaryl/α,β-unsaturated/α-hetero) is 1. The van der Waals surface area contributed by atoms with Gasteiger partial charge in [-0.2, -0.15) is 0 Å². The third kappa shape index (κ3) is 4.86. The van der Waals surface area contributed by atoms with Crippen LogP contribution >= 0.6 is 0 Å². The number of aryl methyl sites for hydroxylation is 1. The number of hydrogen-bond acceptors (Lipinski definition) is 5. The van der Waals surface area contributed by atoms with Gasteiger partial charge < -0.3 is 25.0 Å². The molecule has 2 saturated heterocycles. The van der Waals surface area contributed by atoms with E-state index >= 15 is 0 Å². The van der Waals surface area contributed by atoms with Crippen molar-refractivity contribution in [3.8, 4) is 0 Å². The summed E-state index contributed by atoms with van der Waals surface area (Å²) in [6, 6.07) is 10.4. The van der Waals surface area contributed by atoms with Crippen LogP contribution in [0.25, 0.3) is 10.9 Å². The van der Waals surface area contributed by atoms with Gasteiger partial charge in [0.15, 0.2) is 5.78 Å². The van der Waals surface area contributed by atoms with Gasteiger partial charge in [-0.15, -0.1) is 0 Å². The molecular weight excluding hydrogens is 418 g/mol. The Morgan fingerprint density at radius 1 is 1.15 bits per heavy atom. The van der Waals surface area contributed by atoms with Crippen LogP contribution in [0.5, 0.6) is 0 Å². The van der Waals surface area contributed by atoms with Crippen LogP contribution < -0.4 is 5.32 Å². The van der Waals surface area contributed by atoms with Gasteiger partial charge in [-0.1, -0.05) is 24.6 Å². The molecule has 0 radical (unpaired) electrons. The first-order chi connectivity index (χ1) is 15.8. The van der Waals surface area contributed by atoms with Gasteiger partial charge in [-0.05, 0) is 58.6 Å². The molecule has 1 aliphatic carbocycles. The summed E-state index contributed by atoms with van der Waals surface area (Å²) in [6.07, 6.45) is 7.31. The summed E-state index contributed by atoms with van der Waals surface area (Å²) in [5.74, 6) is -0.702. The van der Waals surface area contributed by atoms with Crippen LogP contribution in [0.2, 0.25) is 0 Å². The maximum Gasteiger partial charge on any atom is 0.332 e. The minimum Gasteiger partial charge on any atom is -0.479 e. The predicted octanol–water partition coefficient (Wildman–Crippen LogP) is 2.98. The highest BCUT2D eigenvalue weighted by Gasteiger charge is 2.37. The fourth-order valence-corrected chi connectivity index (χ4v) is 5.95. The summed E-state index contributed by atoms with van der Waals surface area (Å²) < 4.78 is 2.23. The fourth-order valence-electron chi connectivity index (χ4n) is 5.95. The van der Waals surface area contributed by atoms with Crippen molar-refractivity contribution in [3.05, 3.63) is 35.5 Å². The van der Waals surface area contributed by atoms with Gasteiger partial charge in [0.1, 0.15) is 6.10 Å². The Morgan fingerprint density at radius 3 is 2.42 bits per heavy atom. The van der Waals surface area contributed by atoms with E-state index in [1.54, 1.807) is 0 Å². The van der Waals surface area contributed by atoms with Crippen LogP contribution in [0.4, 0.5) is 0 Å². The maximum absolute atomic E-state index is 13.3. The van der Waals surface area contributed by atoms with E-state index in [-0.39, 0.29) is 5.92 Å². The number of ketones is 1. The molecule has 7 nitrogen and oxygen atoms in total. The number of aromatic nitrogens is 1. The molecule has 3 aliphatic rings. The van der Waals surface area contributed by atoms with Gasteiger partial charge in [-0.25, -0.2) is 4.79 Å². The second-order valence-electron chi connectivity index (χ2n) is 9.99. The predicted molar refractivity (Wildman–Crippen MR) is 129 cm³/mol. The zero-order valence-corrected chi connectivity index (χ0v) is 20.0. The normalized spacial score (nSPS) is 28.1. The minimum absolute atomic E-state index is 0.128. The number of para-hydroxylation sites is 1. The van der Waals surface area contributed by atoms with E-state index in [0.29, 0.717) is 11.8 Å². The fraction of sp³-hybridized carbons (Fsp3) is 0.615. The van der Waals surface area contributed by atoms with E-state index < -0.39 is 12.1 Å². The number of nitrogens with one attached hydrogen (secondary N) is 1. The first kappa shape index (κ1) is 23.9. The second kappa shape index (κ2) is 9.95. The quantitative estimate of drug-likeness (QED) is 0.656. The van der Waals surface area contributed by atoms with E-state index in [2.05, 4.69) is 53.1 Å². The second-order valence-corrected chi connectivity index (χ2v) is 9.99. The number of aliphatic hydroxyl groups excluding tert-OH is 1. The van der Waals surface area contributed by atoms with E-state index in [1.165, 1.54) is 50.2 Å². The lowest BCUT2D eigenvalue weighted by atomic mass is 9.81. The topological polar surface area (TPSA) is 94.8 Å². The van der Waals surface area contributed by atoms with Crippen molar-refractivity contribution in [2.24, 2.45) is 13.0 Å². The van der Waals surface area contributed by atoms with Crippen molar-refractivity contribution in [2.45, 2.75) is 76.1 Å². The summed E-state index contributed by atoms with van der Waals surface area (Å²) in [5.41, 5.74) is 3.41. The molecule has 180 valence electrons. The van der Waals surface area contributed by atoms with E-state index in [9.17, 15) is 9.59 Å². The molecule has 4 unspecified atom stereocenters. The largest absolute Gasteiger partial charge is 0.479 e. The number of aliphatic carboxylic acids is 1. The first-order valence-corrected chi connectivity index (χ1v) is 12.2. The number of carbonyl (C=O) groups is 2. The lowest BCUT2D eigenvalue weighted by molar-refractivity contribution is -0.145. The van der Waals surface area contributed by atoms with Crippen molar-refractivity contribution in [1.82, 2.24) is 14.8 Å². The molecule has 5 rings (SSSR count). The minimum atomic E-state index is -1.23. The van der Waals surface area contributed by atoms with Crippen LogP contribution in [-0.4, -0.2) is 69.3 Å². The maximum atomic E-state index is 13.3. The zero-order valence-electron chi connectivity index (χ0n) is 20.0. The van der Waals surface area contributed by atoms with E-state index in [1.807, 2.05) is 0 Å². The van der Waals surface area contributed by atoms with Crippen molar-refractivity contribution in [3.63, 3.8) is 0 Å². The van der Waals surface area contributed by atoms with E-state index in [4.69, 9.17) is 10.2 Å². The molecule has 2 aromatic rings. The molecule has 2 bridgehead atoms. The molecule has 2 aliphatic heterocycles. The van der Waals surface area contributed by atoms with Crippen molar-refractivity contribution in [1.29, 1.82) is 0 Å². The Hall–Kier alpha value is -2.22. The van der Waals surface area contributed by atoms with Crippen LogP contribution in [0, 0.1) is 5.92 Å². The molecule has 2 fully saturated rings. The summed E-state index contributed by atoms with van der Waals surface area (Å²) in [5, 5.41) is 20.7. The van der Waals surface area contributed by atoms with Gasteiger partial charge in [0.25, 0.3) is 0 Å². The number of carboxylic acid groups (broad SMARTS) is 1. The first-order valence-electron chi connectivity index (χ1n) is 12.2. The zero-order chi connectivity index (χ0) is 23.7. The molecule has 0 amide bonds. The highest BCUT2D eigenvalue weighted by atomic mass is 16.4. The Morgan fingerprint density at radius 2 is 1.79 bits per heavy atom. The summed E-state index contributed by atoms with van der Waals surface area (Å²) in [7, 11) is 4.40. The number of aliphatic hydroxyl groups is 1. The van der Waals surface area contributed by atoms with Crippen molar-refractivity contribution >= 4 is 22.7 Å². The van der Waals surface area contributed by atoms with Crippen LogP contribution in [-0.2, 0) is 18.3 Å². The number of nitrogens with zero attached hydrogens (tertiary/aromatic N) is 2. The molecule has 1 aromatic heterocycles. The van der Waals surface area contributed by atoms with E-state index in [0.717, 1.165) is 42.4 Å². The molecule has 3 N–H and O–H groups in total. The number of carbonyl (C=O) groups excluding carboxylic acids is 1. The van der Waals surface area contributed by atoms with Gasteiger partial charge in [0, 0.05) is 59.8 Å². The van der Waals surface area contributed by atoms with Gasteiger partial charge in [-0.3, -0.25) is 4.79 Å². The Labute approximate surface area is 195 Å². The highest BCUT2D eigenvalue weighted by Crippen LogP contribution is 2.35. The average Bonchev–Trinajstić information content (AvgIpc) is 3.07. The molecule has 0 saturated carbocycles. The molecular formula is C26H37N3O4. The summed E-state index contributed by atoms with van der Waals surface area (Å²) in [6.45, 7) is 2.04. The van der Waals surface area contributed by atoms with Crippen molar-refractivity contribution in [2.75, 3.05) is 13.6 Å². The standard InChI is InChI=1S/C23H31N3O.C3H6O3/c1-25-17-6-5-7-18(25)13-16(12-17)24-14-15-10-11-21-22(23(15)27)19-8-3-4-9-20(19)26(21)2;1-2(4)3(5)6/h3-4,8-9,15-18,24H,5-7,10-14H2,1-2H3;2,4H,1H3,(H,5,6). The summed E-state index contributed by atoms with van der Waals surface area (Å²) >= 11 is 0. The number of carboxylic acids is 1. The lowest BCUT2D eigenvalue weighted by Crippen LogP contribution is -2.55. The molecule has 4 atom stereocenters. The van der Waals surface area contributed by atoms with Crippen molar-refractivity contribution < 1.29 is 19.8 Å². The van der Waals surface area contributed by atoms with Gasteiger partial charge >= 0.3 is 5.97 Å². The lowest BCUT2D eigenvalue weighted by Gasteiger charge is -2.47. The third-order valence-electron chi connectivity index (χ3n) is 7.93. The number of fused-ring (bicyclic) bond motifs is 5. The van der Waals surface area contributed by atoms with Crippen LogP contribution in [0.15, 0.2) is 24.3 Å². The molecule has 3 heterocycles. The highest BCUT2D eigenvalue weighted by molar-refractivity contribution is 6.11. The van der Waals surface area contributed by atoms with Gasteiger partial charge in [0.2, 0.25) is 0 Å².